The van der Waals surface area contributed by atoms with E-state index >= 15 is 0 Å². The van der Waals surface area contributed by atoms with Crippen molar-refractivity contribution in [2.24, 2.45) is 17.6 Å². The van der Waals surface area contributed by atoms with Crippen LogP contribution >= 0.6 is 0 Å². The number of aliphatic hydroxyl groups is 1. The summed E-state index contributed by atoms with van der Waals surface area (Å²) in [4.78, 5) is 13.3. The third-order valence-corrected chi connectivity index (χ3v) is 8.03. The molecule has 4 aliphatic rings. The number of rotatable bonds is 5. The topological polar surface area (TPSA) is 148 Å². The summed E-state index contributed by atoms with van der Waals surface area (Å²) in [5, 5.41) is 20.8. The Morgan fingerprint density at radius 2 is 1.66 bits per heavy atom. The zero-order valence-corrected chi connectivity index (χ0v) is 21.3. The monoisotopic (exact) mass is 529 g/mol. The molecule has 38 heavy (non-hydrogen) atoms. The number of fused-ring (bicyclic) bond motifs is 3. The SMILES string of the molecule is COc1cc([C@@H]2c3cc4c(cc3[C@@H](O[C@H]3C[C@H](N)[C@H](O)[C@@H](C)O3)[C@H]3COC(=O)[C@H]23)OCO4)cc(OC)c1O. The first-order valence-corrected chi connectivity index (χ1v) is 12.6. The molecule has 11 heteroatoms. The molecule has 4 N–H and O–H groups in total. The molecule has 0 unspecified atom stereocenters. The second kappa shape index (κ2) is 9.49. The summed E-state index contributed by atoms with van der Waals surface area (Å²) in [6, 6.07) is 6.64. The minimum absolute atomic E-state index is 0.0835. The fraction of sp³-hybridized carbons (Fsp3) is 0.519. The van der Waals surface area contributed by atoms with E-state index in [9.17, 15) is 15.0 Å². The molecule has 0 amide bonds. The van der Waals surface area contributed by atoms with Gasteiger partial charge in [-0.3, -0.25) is 4.79 Å². The van der Waals surface area contributed by atoms with E-state index in [0.717, 1.165) is 11.1 Å². The van der Waals surface area contributed by atoms with Crippen molar-refractivity contribution in [3.05, 3.63) is 41.0 Å². The van der Waals surface area contributed by atoms with E-state index in [1.54, 1.807) is 19.1 Å². The average molecular weight is 530 g/mol. The Hall–Kier alpha value is -3.25. The van der Waals surface area contributed by atoms with Crippen LogP contribution in [0, 0.1) is 11.8 Å². The Kier molecular flexibility index (Phi) is 6.26. The largest absolute Gasteiger partial charge is 0.502 e. The molecule has 0 bridgehead atoms. The summed E-state index contributed by atoms with van der Waals surface area (Å²) in [7, 11) is 2.91. The lowest BCUT2D eigenvalue weighted by Gasteiger charge is -2.42. The number of aromatic hydroxyl groups is 1. The van der Waals surface area contributed by atoms with Crippen LogP contribution in [0.3, 0.4) is 0 Å². The van der Waals surface area contributed by atoms with Crippen molar-refractivity contribution in [2.45, 2.75) is 49.9 Å². The summed E-state index contributed by atoms with van der Waals surface area (Å²) < 4.78 is 40.3. The number of phenolic OH excluding ortho intramolecular Hbond substituents is 1. The second-order valence-corrected chi connectivity index (χ2v) is 10.1. The molecule has 8 atom stereocenters. The van der Waals surface area contributed by atoms with E-state index < -0.39 is 42.5 Å². The number of cyclic esters (lactones) is 1. The number of methoxy groups -OCH3 is 2. The molecular weight excluding hydrogens is 498 g/mol. The highest BCUT2D eigenvalue weighted by atomic mass is 16.7. The third-order valence-electron chi connectivity index (χ3n) is 8.03. The Morgan fingerprint density at radius 1 is 1.00 bits per heavy atom. The van der Waals surface area contributed by atoms with Gasteiger partial charge in [0.05, 0.1) is 45.1 Å². The molecule has 0 spiro atoms. The maximum absolute atomic E-state index is 13.3. The summed E-state index contributed by atoms with van der Waals surface area (Å²) in [5.74, 6) is -0.339. The van der Waals surface area contributed by atoms with Crippen LogP contribution in [-0.2, 0) is 19.0 Å². The number of hydrogen-bond donors (Lipinski definition) is 3. The van der Waals surface area contributed by atoms with Gasteiger partial charge in [0.2, 0.25) is 12.5 Å². The van der Waals surface area contributed by atoms with E-state index in [-0.39, 0.29) is 42.5 Å². The number of hydrogen-bond acceptors (Lipinski definition) is 11. The van der Waals surface area contributed by atoms with Crippen molar-refractivity contribution in [1.29, 1.82) is 0 Å². The lowest BCUT2D eigenvalue weighted by atomic mass is 9.66. The van der Waals surface area contributed by atoms with Crippen molar-refractivity contribution in [2.75, 3.05) is 27.6 Å². The molecule has 6 rings (SSSR count). The Bertz CT molecular complexity index is 1210. The first kappa shape index (κ1) is 25.1. The predicted octanol–water partition coefficient (Wildman–Crippen LogP) is 1.95. The van der Waals surface area contributed by atoms with Gasteiger partial charge < -0.3 is 49.1 Å². The summed E-state index contributed by atoms with van der Waals surface area (Å²) in [5.41, 5.74) is 8.46. The molecule has 2 aromatic carbocycles. The molecule has 3 aliphatic heterocycles. The van der Waals surface area contributed by atoms with Gasteiger partial charge in [-0.15, -0.1) is 0 Å². The molecule has 0 aromatic heterocycles. The van der Waals surface area contributed by atoms with Gasteiger partial charge in [0.15, 0.2) is 29.3 Å². The smallest absolute Gasteiger partial charge is 0.310 e. The van der Waals surface area contributed by atoms with Crippen LogP contribution in [0.15, 0.2) is 24.3 Å². The van der Waals surface area contributed by atoms with Gasteiger partial charge in [-0.25, -0.2) is 0 Å². The Balaban J connectivity index is 1.48. The maximum Gasteiger partial charge on any atom is 0.310 e. The highest BCUT2D eigenvalue weighted by Gasteiger charge is 2.54. The lowest BCUT2D eigenvalue weighted by Crippen LogP contribution is -2.52. The molecule has 0 saturated carbocycles. The molecule has 11 nitrogen and oxygen atoms in total. The fourth-order valence-corrected chi connectivity index (χ4v) is 6.12. The molecule has 3 heterocycles. The van der Waals surface area contributed by atoms with Gasteiger partial charge in [0.1, 0.15) is 0 Å². The number of ether oxygens (including phenoxy) is 7. The van der Waals surface area contributed by atoms with Crippen molar-refractivity contribution >= 4 is 5.97 Å². The molecular formula is C27H31NO10. The van der Waals surface area contributed by atoms with Gasteiger partial charge in [-0.05, 0) is 47.9 Å². The van der Waals surface area contributed by atoms with Crippen LogP contribution in [0.4, 0.5) is 0 Å². The van der Waals surface area contributed by atoms with E-state index in [1.165, 1.54) is 14.2 Å². The second-order valence-electron chi connectivity index (χ2n) is 10.1. The molecule has 204 valence electrons. The number of carbonyl (C=O) groups excluding carboxylic acids is 1. The van der Waals surface area contributed by atoms with Crippen LogP contribution in [0.25, 0.3) is 0 Å². The van der Waals surface area contributed by atoms with E-state index in [1.807, 2.05) is 12.1 Å². The van der Waals surface area contributed by atoms with Gasteiger partial charge in [0.25, 0.3) is 0 Å². The molecule has 2 fully saturated rings. The third kappa shape index (κ3) is 3.92. The molecule has 2 aromatic rings. The highest BCUT2D eigenvalue weighted by molar-refractivity contribution is 5.79. The summed E-state index contributed by atoms with van der Waals surface area (Å²) in [6.45, 7) is 1.99. The van der Waals surface area contributed by atoms with Crippen LogP contribution in [0.2, 0.25) is 0 Å². The number of aliphatic hydroxyl groups excluding tert-OH is 1. The number of carbonyl (C=O) groups is 1. The normalized spacial score (nSPS) is 33.3. The maximum atomic E-state index is 13.3. The number of benzene rings is 2. The van der Waals surface area contributed by atoms with E-state index in [2.05, 4.69) is 0 Å². The molecule has 2 saturated heterocycles. The van der Waals surface area contributed by atoms with Gasteiger partial charge >= 0.3 is 5.97 Å². The molecule has 1 aliphatic carbocycles. The Morgan fingerprint density at radius 3 is 2.29 bits per heavy atom. The number of esters is 1. The van der Waals surface area contributed by atoms with Crippen molar-refractivity contribution in [3.8, 4) is 28.7 Å². The van der Waals surface area contributed by atoms with Crippen LogP contribution in [0.1, 0.15) is 42.1 Å². The first-order valence-electron chi connectivity index (χ1n) is 12.6. The number of nitrogens with two attached hydrogens (primary N) is 1. The van der Waals surface area contributed by atoms with Gasteiger partial charge in [0, 0.05) is 24.3 Å². The predicted molar refractivity (Wildman–Crippen MR) is 130 cm³/mol. The van der Waals surface area contributed by atoms with Gasteiger partial charge in [-0.2, -0.15) is 0 Å². The minimum Gasteiger partial charge on any atom is -0.502 e. The van der Waals surface area contributed by atoms with E-state index in [0.29, 0.717) is 23.5 Å². The summed E-state index contributed by atoms with van der Waals surface area (Å²) >= 11 is 0. The van der Waals surface area contributed by atoms with E-state index in [4.69, 9.17) is 38.9 Å². The summed E-state index contributed by atoms with van der Waals surface area (Å²) in [6.07, 6.45) is -2.27. The first-order chi connectivity index (χ1) is 18.3. The average Bonchev–Trinajstić information content (AvgIpc) is 3.52. The minimum atomic E-state index is -0.796. The van der Waals surface area contributed by atoms with Gasteiger partial charge in [-0.1, -0.05) is 0 Å². The van der Waals surface area contributed by atoms with Crippen molar-refractivity contribution in [3.63, 3.8) is 0 Å². The lowest BCUT2D eigenvalue weighted by molar-refractivity contribution is -0.249. The van der Waals surface area contributed by atoms with Crippen LogP contribution < -0.4 is 24.7 Å². The standard InChI is InChI=1S/C27H31NO10/c1-11-24(29)16(28)8-21(37-11)38-26-14-7-18-17(35-10-36-18)6-13(14)22(23-15(26)9-34-27(23)31)12-4-19(32-2)25(30)20(5-12)33-3/h4-7,11,15-16,21-24,26,29-30H,8-10,28H2,1-3H3/t11-,15+,16+,21+,22-,23+,24-,26-/m1/s1. The Labute approximate surface area is 219 Å². The van der Waals surface area contributed by atoms with Crippen LogP contribution in [-0.4, -0.2) is 68.3 Å². The fourth-order valence-electron chi connectivity index (χ4n) is 6.12. The highest BCUT2D eigenvalue weighted by Crippen LogP contribution is 2.56. The number of phenols is 1. The van der Waals surface area contributed by atoms with Crippen molar-refractivity contribution < 1.29 is 48.2 Å². The van der Waals surface area contributed by atoms with Crippen molar-refractivity contribution in [1.82, 2.24) is 0 Å². The molecule has 0 radical (unpaired) electrons. The van der Waals surface area contributed by atoms with Crippen LogP contribution in [0.5, 0.6) is 28.7 Å². The zero-order valence-electron chi connectivity index (χ0n) is 21.3. The zero-order chi connectivity index (χ0) is 26.7. The quantitative estimate of drug-likeness (QED) is 0.488.